The minimum Gasteiger partial charge on any atom is -0.480 e. The van der Waals surface area contributed by atoms with Gasteiger partial charge in [-0.15, -0.1) is 0 Å². The lowest BCUT2D eigenvalue weighted by Gasteiger charge is -2.04. The molecule has 0 aliphatic heterocycles. The molecule has 0 spiro atoms. The Labute approximate surface area is 102 Å². The molecule has 0 aliphatic rings. The summed E-state index contributed by atoms with van der Waals surface area (Å²) in [5.41, 5.74) is 0.425. The van der Waals surface area contributed by atoms with Crippen molar-refractivity contribution in [3.05, 3.63) is 12.4 Å². The van der Waals surface area contributed by atoms with E-state index in [1.54, 1.807) is 13.2 Å². The Balaban J connectivity index is 2.27. The summed E-state index contributed by atoms with van der Waals surface area (Å²) in [6.45, 7) is -1.11. The molecule has 0 bridgehead atoms. The fourth-order valence-corrected chi connectivity index (χ4v) is 1.04. The van der Waals surface area contributed by atoms with Crippen LogP contribution in [0.25, 0.3) is 0 Å². The molecule has 0 unspecified atom stereocenters. The highest BCUT2D eigenvalue weighted by atomic mass is 16.5. The van der Waals surface area contributed by atoms with E-state index < -0.39 is 31.1 Å². The minimum atomic E-state index is -1.19. The van der Waals surface area contributed by atoms with Crippen LogP contribution in [0.4, 0.5) is 10.5 Å². The van der Waals surface area contributed by atoms with Crippen LogP contribution in [0, 0.1) is 0 Å². The quantitative estimate of drug-likeness (QED) is 0.632. The normalized spacial score (nSPS) is 9.83. The summed E-state index contributed by atoms with van der Waals surface area (Å²) >= 11 is 0. The van der Waals surface area contributed by atoms with Gasteiger partial charge in [-0.05, 0) is 0 Å². The number of aryl methyl sites for hydroxylation is 1. The van der Waals surface area contributed by atoms with Gasteiger partial charge < -0.3 is 15.2 Å². The number of urea groups is 1. The number of carboxylic acids is 1. The first-order valence-electron chi connectivity index (χ1n) is 4.86. The highest BCUT2D eigenvalue weighted by molar-refractivity contribution is 6.01. The number of carbonyl (C=O) groups is 3. The number of ether oxygens (including phenoxy) is 1. The Hall–Kier alpha value is -2.42. The molecule has 3 amide bonds. The van der Waals surface area contributed by atoms with Gasteiger partial charge in [-0.25, -0.2) is 9.59 Å². The summed E-state index contributed by atoms with van der Waals surface area (Å²) < 4.78 is 5.98. The maximum Gasteiger partial charge on any atom is 0.329 e. The molecule has 1 heterocycles. The van der Waals surface area contributed by atoms with E-state index in [9.17, 15) is 14.4 Å². The smallest absolute Gasteiger partial charge is 0.329 e. The molecule has 18 heavy (non-hydrogen) atoms. The summed E-state index contributed by atoms with van der Waals surface area (Å²) in [5, 5.41) is 16.4. The van der Waals surface area contributed by atoms with E-state index in [-0.39, 0.29) is 0 Å². The number of imide groups is 1. The van der Waals surface area contributed by atoms with Gasteiger partial charge in [0, 0.05) is 13.2 Å². The van der Waals surface area contributed by atoms with E-state index in [2.05, 4.69) is 15.2 Å². The zero-order valence-corrected chi connectivity index (χ0v) is 9.54. The van der Waals surface area contributed by atoms with E-state index in [0.717, 1.165) is 0 Å². The lowest BCUT2D eigenvalue weighted by atomic mass is 10.5. The molecule has 0 saturated heterocycles. The van der Waals surface area contributed by atoms with Crippen LogP contribution >= 0.6 is 0 Å². The van der Waals surface area contributed by atoms with Crippen molar-refractivity contribution < 1.29 is 24.2 Å². The maximum atomic E-state index is 11.3. The van der Waals surface area contributed by atoms with Crippen molar-refractivity contribution >= 4 is 23.6 Å². The molecule has 9 nitrogen and oxygen atoms in total. The van der Waals surface area contributed by atoms with Crippen molar-refractivity contribution in [3.63, 3.8) is 0 Å². The number of aromatic nitrogens is 2. The first-order valence-corrected chi connectivity index (χ1v) is 4.86. The number of amides is 3. The molecule has 0 atom stereocenters. The third kappa shape index (κ3) is 5.07. The van der Waals surface area contributed by atoms with Gasteiger partial charge in [-0.2, -0.15) is 5.10 Å². The van der Waals surface area contributed by atoms with Gasteiger partial charge in [0.25, 0.3) is 5.91 Å². The first-order chi connectivity index (χ1) is 8.47. The van der Waals surface area contributed by atoms with Crippen LogP contribution in [0.5, 0.6) is 0 Å². The van der Waals surface area contributed by atoms with Crippen molar-refractivity contribution in [2.24, 2.45) is 7.05 Å². The van der Waals surface area contributed by atoms with E-state index >= 15 is 0 Å². The van der Waals surface area contributed by atoms with Gasteiger partial charge in [-0.1, -0.05) is 0 Å². The topological polar surface area (TPSA) is 123 Å². The largest absolute Gasteiger partial charge is 0.480 e. The van der Waals surface area contributed by atoms with Crippen LogP contribution in [0.2, 0.25) is 0 Å². The molecule has 0 saturated carbocycles. The van der Waals surface area contributed by atoms with Crippen molar-refractivity contribution in [2.75, 3.05) is 18.5 Å². The SMILES string of the molecule is Cn1cc(NC(=O)NC(=O)COCC(=O)O)cn1. The van der Waals surface area contributed by atoms with Gasteiger partial charge in [0.2, 0.25) is 0 Å². The van der Waals surface area contributed by atoms with Crippen LogP contribution in [0.3, 0.4) is 0 Å². The molecule has 1 aromatic rings. The Morgan fingerprint density at radius 1 is 1.44 bits per heavy atom. The average Bonchev–Trinajstić information content (AvgIpc) is 2.62. The van der Waals surface area contributed by atoms with Crippen molar-refractivity contribution in [1.29, 1.82) is 0 Å². The highest BCUT2D eigenvalue weighted by Crippen LogP contribution is 2.02. The maximum absolute atomic E-state index is 11.3. The number of hydrogen-bond acceptors (Lipinski definition) is 5. The summed E-state index contributed by atoms with van der Waals surface area (Å²) in [5.74, 6) is -1.93. The zero-order valence-electron chi connectivity index (χ0n) is 9.54. The van der Waals surface area contributed by atoms with Crippen molar-refractivity contribution in [3.8, 4) is 0 Å². The molecule has 0 aliphatic carbocycles. The van der Waals surface area contributed by atoms with Crippen LogP contribution in [-0.2, 0) is 21.4 Å². The van der Waals surface area contributed by atoms with Gasteiger partial charge >= 0.3 is 12.0 Å². The van der Waals surface area contributed by atoms with Gasteiger partial charge in [0.1, 0.15) is 13.2 Å². The summed E-state index contributed by atoms with van der Waals surface area (Å²) in [4.78, 5) is 32.5. The zero-order chi connectivity index (χ0) is 13.5. The predicted molar refractivity (Wildman–Crippen MR) is 58.8 cm³/mol. The van der Waals surface area contributed by atoms with Crippen LogP contribution in [0.15, 0.2) is 12.4 Å². The summed E-state index contributed by atoms with van der Waals surface area (Å²) in [6.07, 6.45) is 2.95. The number of nitrogens with zero attached hydrogens (tertiary/aromatic N) is 2. The lowest BCUT2D eigenvalue weighted by Crippen LogP contribution is -2.37. The second-order valence-electron chi connectivity index (χ2n) is 3.29. The fourth-order valence-electron chi connectivity index (χ4n) is 1.04. The Morgan fingerprint density at radius 2 is 2.17 bits per heavy atom. The van der Waals surface area contributed by atoms with Gasteiger partial charge in [-0.3, -0.25) is 14.8 Å². The molecule has 3 N–H and O–H groups in total. The van der Waals surface area contributed by atoms with Crippen molar-refractivity contribution in [1.82, 2.24) is 15.1 Å². The molecule has 0 radical (unpaired) electrons. The number of hydrogen-bond donors (Lipinski definition) is 3. The third-order valence-electron chi connectivity index (χ3n) is 1.67. The molecule has 1 aromatic heterocycles. The predicted octanol–water partition coefficient (Wildman–Crippen LogP) is -0.831. The number of nitrogens with one attached hydrogen (secondary N) is 2. The van der Waals surface area contributed by atoms with Crippen LogP contribution in [-0.4, -0.2) is 46.0 Å². The number of anilines is 1. The molecule has 9 heteroatoms. The van der Waals surface area contributed by atoms with Crippen LogP contribution in [0.1, 0.15) is 0 Å². The Bertz CT molecular complexity index is 456. The first kappa shape index (κ1) is 13.6. The molecule has 1 rings (SSSR count). The number of rotatable bonds is 5. The van der Waals surface area contributed by atoms with Gasteiger partial charge in [0.15, 0.2) is 0 Å². The Kier molecular flexibility index (Phi) is 4.81. The van der Waals surface area contributed by atoms with Crippen LogP contribution < -0.4 is 10.6 Å². The third-order valence-corrected chi connectivity index (χ3v) is 1.67. The number of carbonyl (C=O) groups excluding carboxylic acids is 2. The molecular formula is C9H12N4O5. The number of aliphatic carboxylic acids is 1. The van der Waals surface area contributed by atoms with E-state index in [4.69, 9.17) is 5.11 Å². The fraction of sp³-hybridized carbons (Fsp3) is 0.333. The molecular weight excluding hydrogens is 244 g/mol. The molecule has 0 aromatic carbocycles. The number of carboxylic acid groups (broad SMARTS) is 1. The highest BCUT2D eigenvalue weighted by Gasteiger charge is 2.09. The Morgan fingerprint density at radius 3 is 2.72 bits per heavy atom. The second kappa shape index (κ2) is 6.35. The van der Waals surface area contributed by atoms with Gasteiger partial charge in [0.05, 0.1) is 11.9 Å². The van der Waals surface area contributed by atoms with E-state index in [0.29, 0.717) is 5.69 Å². The van der Waals surface area contributed by atoms with Crippen molar-refractivity contribution in [2.45, 2.75) is 0 Å². The van der Waals surface area contributed by atoms with E-state index in [1.807, 2.05) is 5.32 Å². The molecule has 0 fully saturated rings. The monoisotopic (exact) mass is 256 g/mol. The second-order valence-corrected chi connectivity index (χ2v) is 3.29. The minimum absolute atomic E-state index is 0.425. The standard InChI is InChI=1S/C9H12N4O5/c1-13-3-6(2-10-13)11-9(17)12-7(14)4-18-5-8(15)16/h2-3H,4-5H2,1H3,(H,15,16)(H2,11,12,14,17). The summed E-state index contributed by atoms with van der Waals surface area (Å²) in [6, 6.07) is -0.744. The van der Waals surface area contributed by atoms with E-state index in [1.165, 1.54) is 10.9 Å². The lowest BCUT2D eigenvalue weighted by molar-refractivity contribution is -0.143. The average molecular weight is 256 g/mol. The summed E-state index contributed by atoms with van der Waals surface area (Å²) in [7, 11) is 1.67. The molecule has 98 valence electrons.